The Morgan fingerprint density at radius 3 is 1.82 bits per heavy atom. The molecular formula is C9H18N2. The van der Waals surface area contributed by atoms with Gasteiger partial charge in [0, 0.05) is 26.5 Å². The van der Waals surface area contributed by atoms with E-state index < -0.39 is 0 Å². The topological polar surface area (TPSA) is 27.1 Å². The molecule has 0 fully saturated rings. The first-order valence-electron chi connectivity index (χ1n) is 3.77. The molecule has 0 bridgehead atoms. The molecule has 0 heterocycles. The summed E-state index contributed by atoms with van der Waals surface area (Å²) in [6.07, 6.45) is 3.40. The van der Waals surface area contributed by atoms with E-state index in [9.17, 15) is 0 Å². The maximum absolute atomic E-state index is 7.19. The van der Waals surface area contributed by atoms with Gasteiger partial charge in [0.15, 0.2) is 0 Å². The number of nitrogens with one attached hydrogen (secondary N) is 1. The van der Waals surface area contributed by atoms with Crippen LogP contribution in [0.25, 0.3) is 0 Å². The van der Waals surface area contributed by atoms with Crippen molar-refractivity contribution in [3.8, 4) is 0 Å². The summed E-state index contributed by atoms with van der Waals surface area (Å²) in [6, 6.07) is 0. The lowest BCUT2D eigenvalue weighted by molar-refractivity contribution is 0.491. The van der Waals surface area contributed by atoms with E-state index in [1.165, 1.54) is 6.21 Å². The van der Waals surface area contributed by atoms with Gasteiger partial charge < -0.3 is 10.3 Å². The summed E-state index contributed by atoms with van der Waals surface area (Å²) in [5.74, 6) is 0. The van der Waals surface area contributed by atoms with Gasteiger partial charge in [-0.05, 0) is 11.0 Å². The molecule has 0 atom stereocenters. The van der Waals surface area contributed by atoms with Gasteiger partial charge in [-0.25, -0.2) is 0 Å². The fourth-order valence-electron chi connectivity index (χ4n) is 0.726. The lowest BCUT2D eigenvalue weighted by atomic mass is 9.88. The quantitative estimate of drug-likeness (QED) is 0.606. The van der Waals surface area contributed by atoms with Gasteiger partial charge in [0.1, 0.15) is 0 Å². The zero-order chi connectivity index (χ0) is 9.07. The van der Waals surface area contributed by atoms with Gasteiger partial charge in [-0.3, -0.25) is 0 Å². The number of rotatable bonds is 2. The maximum Gasteiger partial charge on any atom is 0.0229 e. The van der Waals surface area contributed by atoms with Crippen molar-refractivity contribution < 1.29 is 0 Å². The SMILES string of the molecule is CN(C)/C=C(\C=N)C(C)(C)C. The van der Waals surface area contributed by atoms with Gasteiger partial charge in [-0.1, -0.05) is 20.8 Å². The maximum atomic E-state index is 7.19. The van der Waals surface area contributed by atoms with Crippen LogP contribution in [0.3, 0.4) is 0 Å². The van der Waals surface area contributed by atoms with Crippen LogP contribution in [-0.2, 0) is 0 Å². The summed E-state index contributed by atoms with van der Waals surface area (Å²) in [4.78, 5) is 1.96. The Balaban J connectivity index is 4.54. The molecule has 2 heteroatoms. The standard InChI is InChI=1S/C9H18N2/c1-9(2,3)8(6-10)7-11(4)5/h6-7,10H,1-5H3/b8-7+,10-6?. The number of hydrogen-bond donors (Lipinski definition) is 1. The molecule has 0 saturated carbocycles. The Morgan fingerprint density at radius 1 is 1.27 bits per heavy atom. The lowest BCUT2D eigenvalue weighted by Gasteiger charge is -2.21. The smallest absolute Gasteiger partial charge is 0.0229 e. The second-order valence-corrected chi connectivity index (χ2v) is 3.94. The highest BCUT2D eigenvalue weighted by atomic mass is 15.0. The summed E-state index contributed by atoms with van der Waals surface area (Å²) < 4.78 is 0. The molecule has 2 nitrogen and oxygen atoms in total. The van der Waals surface area contributed by atoms with E-state index in [1.807, 2.05) is 25.2 Å². The molecule has 11 heavy (non-hydrogen) atoms. The third kappa shape index (κ3) is 3.81. The lowest BCUT2D eigenvalue weighted by Crippen LogP contribution is -2.14. The molecule has 0 saturated heterocycles. The highest BCUT2D eigenvalue weighted by Crippen LogP contribution is 2.23. The molecule has 0 unspecified atom stereocenters. The average Bonchev–Trinajstić information content (AvgIpc) is 1.79. The van der Waals surface area contributed by atoms with E-state index in [0.29, 0.717) is 0 Å². The zero-order valence-corrected chi connectivity index (χ0v) is 8.10. The predicted molar refractivity (Wildman–Crippen MR) is 50.0 cm³/mol. The van der Waals surface area contributed by atoms with E-state index in [0.717, 1.165) is 5.57 Å². The highest BCUT2D eigenvalue weighted by molar-refractivity contribution is 5.77. The molecule has 0 aliphatic rings. The minimum absolute atomic E-state index is 0.0754. The Morgan fingerprint density at radius 2 is 1.73 bits per heavy atom. The van der Waals surface area contributed by atoms with E-state index in [1.54, 1.807) is 0 Å². The third-order valence-electron chi connectivity index (χ3n) is 1.42. The van der Waals surface area contributed by atoms with Gasteiger partial charge in [0.05, 0.1) is 0 Å². The number of nitrogens with zero attached hydrogens (tertiary/aromatic N) is 1. The number of hydrogen-bond acceptors (Lipinski definition) is 2. The summed E-state index contributed by atoms with van der Waals surface area (Å²) in [5.41, 5.74) is 1.12. The molecule has 64 valence electrons. The molecule has 0 rings (SSSR count). The Labute approximate surface area is 69.4 Å². The van der Waals surface area contributed by atoms with Crippen LogP contribution in [0.15, 0.2) is 11.8 Å². The van der Waals surface area contributed by atoms with Crippen LogP contribution in [-0.4, -0.2) is 25.2 Å². The van der Waals surface area contributed by atoms with E-state index in [-0.39, 0.29) is 5.41 Å². The van der Waals surface area contributed by atoms with Gasteiger partial charge in [0.2, 0.25) is 0 Å². The van der Waals surface area contributed by atoms with Gasteiger partial charge in [-0.15, -0.1) is 0 Å². The van der Waals surface area contributed by atoms with E-state index >= 15 is 0 Å². The monoisotopic (exact) mass is 154 g/mol. The summed E-state index contributed by atoms with van der Waals surface area (Å²) >= 11 is 0. The van der Waals surface area contributed by atoms with E-state index in [4.69, 9.17) is 5.41 Å². The summed E-state index contributed by atoms with van der Waals surface area (Å²) in [7, 11) is 3.94. The molecule has 0 spiro atoms. The first-order chi connectivity index (χ1) is 4.88. The average molecular weight is 154 g/mol. The van der Waals surface area contributed by atoms with Gasteiger partial charge in [-0.2, -0.15) is 0 Å². The fourth-order valence-corrected chi connectivity index (χ4v) is 0.726. The van der Waals surface area contributed by atoms with Crippen LogP contribution in [0.5, 0.6) is 0 Å². The molecule has 0 aliphatic heterocycles. The molecular weight excluding hydrogens is 136 g/mol. The van der Waals surface area contributed by atoms with Gasteiger partial charge in [0.25, 0.3) is 0 Å². The van der Waals surface area contributed by atoms with Crippen molar-refractivity contribution in [2.24, 2.45) is 5.41 Å². The van der Waals surface area contributed by atoms with Gasteiger partial charge >= 0.3 is 0 Å². The van der Waals surface area contributed by atoms with Crippen molar-refractivity contribution in [2.45, 2.75) is 20.8 Å². The van der Waals surface area contributed by atoms with Crippen LogP contribution < -0.4 is 0 Å². The summed E-state index contributed by atoms with van der Waals surface area (Å²) in [5, 5.41) is 7.19. The van der Waals surface area contributed by atoms with Crippen molar-refractivity contribution in [2.75, 3.05) is 14.1 Å². The largest absolute Gasteiger partial charge is 0.383 e. The molecule has 0 radical (unpaired) electrons. The van der Waals surface area contributed by atoms with Crippen LogP contribution in [0, 0.1) is 10.8 Å². The minimum atomic E-state index is 0.0754. The first-order valence-corrected chi connectivity index (χ1v) is 3.77. The van der Waals surface area contributed by atoms with Crippen LogP contribution in [0.1, 0.15) is 20.8 Å². The molecule has 0 amide bonds. The summed E-state index contributed by atoms with van der Waals surface area (Å²) in [6.45, 7) is 6.31. The second-order valence-electron chi connectivity index (χ2n) is 3.94. The van der Waals surface area contributed by atoms with Crippen molar-refractivity contribution in [1.29, 1.82) is 5.41 Å². The molecule has 0 aromatic carbocycles. The third-order valence-corrected chi connectivity index (χ3v) is 1.42. The fraction of sp³-hybridized carbons (Fsp3) is 0.667. The highest BCUT2D eigenvalue weighted by Gasteiger charge is 2.14. The first kappa shape index (κ1) is 10.2. The second kappa shape index (κ2) is 3.56. The van der Waals surface area contributed by atoms with Crippen LogP contribution >= 0.6 is 0 Å². The Bertz CT molecular complexity index is 161. The molecule has 1 N–H and O–H groups in total. The minimum Gasteiger partial charge on any atom is -0.383 e. The Hall–Kier alpha value is -0.790. The van der Waals surface area contributed by atoms with E-state index in [2.05, 4.69) is 20.8 Å². The Kier molecular flexibility index (Phi) is 3.30. The van der Waals surface area contributed by atoms with Crippen molar-refractivity contribution >= 4 is 6.21 Å². The predicted octanol–water partition coefficient (Wildman–Crippen LogP) is 2.13. The van der Waals surface area contributed by atoms with Crippen LogP contribution in [0.2, 0.25) is 0 Å². The van der Waals surface area contributed by atoms with Crippen molar-refractivity contribution in [1.82, 2.24) is 4.90 Å². The molecule has 0 aromatic heterocycles. The zero-order valence-electron chi connectivity index (χ0n) is 8.10. The molecule has 0 aromatic rings. The number of allylic oxidation sites excluding steroid dienone is 1. The normalized spacial score (nSPS) is 13.0. The molecule has 0 aliphatic carbocycles. The van der Waals surface area contributed by atoms with Crippen molar-refractivity contribution in [3.63, 3.8) is 0 Å². The van der Waals surface area contributed by atoms with Crippen molar-refractivity contribution in [3.05, 3.63) is 11.8 Å². The van der Waals surface area contributed by atoms with Crippen LogP contribution in [0.4, 0.5) is 0 Å².